The van der Waals surface area contributed by atoms with Gasteiger partial charge in [-0.2, -0.15) is 8.42 Å². The van der Waals surface area contributed by atoms with Gasteiger partial charge in [-0.1, -0.05) is 177 Å². The van der Waals surface area contributed by atoms with E-state index >= 15 is 0 Å². The molecule has 1 fully saturated rings. The SMILES string of the molecule is CC/C=C\C/C=C\C/C=C\CCCCCCCC(=O)OC(COC(=O)CCCCCCCCCCCCC/C=C\C/C=C\CCCCCCC)COC1OC(CS(=O)(=O)O)C(O)C(O)C1O. The number of unbranched alkanes of at least 4 members (excludes halogenated alkanes) is 21. The quantitative estimate of drug-likeness (QED) is 0.0196. The van der Waals surface area contributed by atoms with E-state index < -0.39 is 71.2 Å². The lowest BCUT2D eigenvalue weighted by molar-refractivity contribution is -0.297. The summed E-state index contributed by atoms with van der Waals surface area (Å²) >= 11 is 0. The van der Waals surface area contributed by atoms with Crippen LogP contribution < -0.4 is 0 Å². The van der Waals surface area contributed by atoms with E-state index in [0.29, 0.717) is 12.8 Å². The number of hydrogen-bond donors (Lipinski definition) is 4. The van der Waals surface area contributed by atoms with Gasteiger partial charge in [0.05, 0.1) is 6.61 Å². The van der Waals surface area contributed by atoms with E-state index in [1.165, 1.54) is 89.9 Å². The molecule has 0 radical (unpaired) electrons. The average Bonchev–Trinajstić information content (AvgIpc) is 3.28. The summed E-state index contributed by atoms with van der Waals surface area (Å²) < 4.78 is 54.2. The number of aliphatic hydroxyl groups is 3. The monoisotopic (exact) mass is 953 g/mol. The molecule has 0 spiro atoms. The van der Waals surface area contributed by atoms with Crippen molar-refractivity contribution in [2.45, 2.75) is 243 Å². The molecule has 0 amide bonds. The van der Waals surface area contributed by atoms with Crippen LogP contribution in [0.1, 0.15) is 206 Å². The van der Waals surface area contributed by atoms with Crippen molar-refractivity contribution in [3.05, 3.63) is 60.8 Å². The molecule has 0 aromatic carbocycles. The Balaban J connectivity index is 2.35. The molecule has 6 atom stereocenters. The van der Waals surface area contributed by atoms with Crippen molar-refractivity contribution < 1.29 is 56.8 Å². The van der Waals surface area contributed by atoms with Crippen molar-refractivity contribution in [1.82, 2.24) is 0 Å². The molecule has 0 aliphatic carbocycles. The molecule has 0 aromatic heterocycles. The van der Waals surface area contributed by atoms with Gasteiger partial charge in [-0.25, -0.2) is 0 Å². The fourth-order valence-corrected chi connectivity index (χ4v) is 8.30. The van der Waals surface area contributed by atoms with Crippen LogP contribution in [0.15, 0.2) is 60.8 Å². The average molecular weight is 953 g/mol. The Bertz CT molecular complexity index is 1440. The summed E-state index contributed by atoms with van der Waals surface area (Å²) in [6.07, 6.45) is 44.0. The van der Waals surface area contributed by atoms with Gasteiger partial charge in [0.25, 0.3) is 10.1 Å². The first-order valence-corrected chi connectivity index (χ1v) is 27.5. The van der Waals surface area contributed by atoms with Gasteiger partial charge in [-0.15, -0.1) is 0 Å². The number of esters is 2. The number of allylic oxidation sites excluding steroid dienone is 10. The fraction of sp³-hybridized carbons (Fsp3) is 0.774. The highest BCUT2D eigenvalue weighted by molar-refractivity contribution is 7.85. The first kappa shape index (κ1) is 61.4. The van der Waals surface area contributed by atoms with Crippen molar-refractivity contribution in [2.24, 2.45) is 0 Å². The molecular weight excluding hydrogens is 861 g/mol. The third-order valence-electron chi connectivity index (χ3n) is 11.6. The normalized spacial score (nSPS) is 19.9. The van der Waals surface area contributed by atoms with Crippen LogP contribution in [0, 0.1) is 0 Å². The zero-order valence-corrected chi connectivity index (χ0v) is 41.9. The molecule has 1 aliphatic rings. The van der Waals surface area contributed by atoms with Crippen LogP contribution in [0.5, 0.6) is 0 Å². The van der Waals surface area contributed by atoms with Gasteiger partial charge in [-0.3, -0.25) is 14.1 Å². The van der Waals surface area contributed by atoms with Gasteiger partial charge in [0.2, 0.25) is 0 Å². The minimum Gasteiger partial charge on any atom is -0.462 e. The summed E-state index contributed by atoms with van der Waals surface area (Å²) in [5.41, 5.74) is 0. The van der Waals surface area contributed by atoms with Crippen molar-refractivity contribution in [1.29, 1.82) is 0 Å². The van der Waals surface area contributed by atoms with E-state index in [2.05, 4.69) is 74.6 Å². The Morgan fingerprint density at radius 2 is 0.955 bits per heavy atom. The molecule has 382 valence electrons. The second-order valence-corrected chi connectivity index (χ2v) is 19.3. The Hall–Kier alpha value is -2.65. The maximum absolute atomic E-state index is 12.8. The molecule has 12 nitrogen and oxygen atoms in total. The fourth-order valence-electron chi connectivity index (χ4n) is 7.60. The second-order valence-electron chi connectivity index (χ2n) is 17.8. The largest absolute Gasteiger partial charge is 0.462 e. The van der Waals surface area contributed by atoms with Crippen molar-refractivity contribution in [2.75, 3.05) is 19.0 Å². The zero-order chi connectivity index (χ0) is 48.4. The Labute approximate surface area is 400 Å². The third-order valence-corrected chi connectivity index (χ3v) is 12.3. The van der Waals surface area contributed by atoms with E-state index in [9.17, 15) is 37.9 Å². The van der Waals surface area contributed by atoms with Crippen LogP contribution in [0.3, 0.4) is 0 Å². The Morgan fingerprint density at radius 3 is 1.42 bits per heavy atom. The van der Waals surface area contributed by atoms with E-state index in [4.69, 9.17) is 18.9 Å². The molecule has 0 aromatic rings. The minimum absolute atomic E-state index is 0.143. The number of rotatable bonds is 43. The highest BCUT2D eigenvalue weighted by atomic mass is 32.2. The highest BCUT2D eigenvalue weighted by Crippen LogP contribution is 2.24. The van der Waals surface area contributed by atoms with Gasteiger partial charge in [-0.05, 0) is 77.0 Å². The Kier molecular flexibility index (Phi) is 39.5. The van der Waals surface area contributed by atoms with E-state index in [1.807, 2.05) is 0 Å². The maximum Gasteiger partial charge on any atom is 0.306 e. The molecule has 1 heterocycles. The lowest BCUT2D eigenvalue weighted by Crippen LogP contribution is -2.60. The number of carbonyl (C=O) groups is 2. The highest BCUT2D eigenvalue weighted by Gasteiger charge is 2.46. The third kappa shape index (κ3) is 36.4. The van der Waals surface area contributed by atoms with Gasteiger partial charge < -0.3 is 34.3 Å². The molecule has 0 bridgehead atoms. The molecule has 1 aliphatic heterocycles. The number of hydrogen-bond acceptors (Lipinski definition) is 11. The van der Waals surface area contributed by atoms with Gasteiger partial charge in [0, 0.05) is 12.8 Å². The van der Waals surface area contributed by atoms with Gasteiger partial charge in [0.1, 0.15) is 36.8 Å². The second kappa shape index (κ2) is 42.5. The van der Waals surface area contributed by atoms with Crippen molar-refractivity contribution >= 4 is 22.1 Å². The zero-order valence-electron chi connectivity index (χ0n) is 41.0. The summed E-state index contributed by atoms with van der Waals surface area (Å²) in [7, 11) is -4.61. The summed E-state index contributed by atoms with van der Waals surface area (Å²) in [5.74, 6) is -2.01. The topological polar surface area (TPSA) is 186 Å². The summed E-state index contributed by atoms with van der Waals surface area (Å²) in [6, 6.07) is 0. The van der Waals surface area contributed by atoms with Crippen LogP contribution in [0.25, 0.3) is 0 Å². The predicted octanol–water partition coefficient (Wildman–Crippen LogP) is 11.7. The van der Waals surface area contributed by atoms with Crippen molar-refractivity contribution in [3.63, 3.8) is 0 Å². The van der Waals surface area contributed by atoms with Crippen LogP contribution in [0.4, 0.5) is 0 Å². The molecular formula is C53H92O12S. The molecule has 1 saturated heterocycles. The first-order valence-electron chi connectivity index (χ1n) is 25.8. The predicted molar refractivity (Wildman–Crippen MR) is 265 cm³/mol. The number of aliphatic hydroxyl groups excluding tert-OH is 3. The van der Waals surface area contributed by atoms with Gasteiger partial charge in [0.15, 0.2) is 12.4 Å². The van der Waals surface area contributed by atoms with E-state index in [-0.39, 0.29) is 19.4 Å². The van der Waals surface area contributed by atoms with Crippen molar-refractivity contribution in [3.8, 4) is 0 Å². The lowest BCUT2D eigenvalue weighted by atomic mass is 10.00. The summed E-state index contributed by atoms with van der Waals surface area (Å²) in [4.78, 5) is 25.5. The maximum atomic E-state index is 12.8. The van der Waals surface area contributed by atoms with Crippen LogP contribution in [-0.4, -0.2) is 96.0 Å². The van der Waals surface area contributed by atoms with Crippen LogP contribution in [-0.2, 0) is 38.7 Å². The lowest BCUT2D eigenvalue weighted by Gasteiger charge is -2.40. The summed E-state index contributed by atoms with van der Waals surface area (Å²) in [5, 5.41) is 31.0. The molecule has 13 heteroatoms. The van der Waals surface area contributed by atoms with E-state index in [1.54, 1.807) is 0 Å². The first-order chi connectivity index (χ1) is 32.0. The molecule has 6 unspecified atom stereocenters. The standard InChI is InChI=1S/C53H92O12S/c1-3-5-7-9-11-13-15-17-19-20-21-22-23-24-25-26-28-29-31-33-35-37-39-41-48(54)62-43-46(44-63-53-52(58)51(57)50(56)47(65-53)45-66(59,60)61)64-49(55)42-40-38-36-34-32-30-27-18-16-14-12-10-8-6-4-2/h6,8,12,14-15,17-18,20-21,27,46-47,50-53,56-58H,3-5,7,9-11,13,16,19,22-26,28-45H2,1-2H3,(H,59,60,61)/b8-6-,14-12-,17-15-,21-20-,27-18-. The molecule has 0 saturated carbocycles. The molecule has 1 rings (SSSR count). The number of carbonyl (C=O) groups excluding carboxylic acids is 2. The minimum atomic E-state index is -4.61. The van der Waals surface area contributed by atoms with Crippen LogP contribution >= 0.6 is 0 Å². The Morgan fingerprint density at radius 1 is 0.530 bits per heavy atom. The van der Waals surface area contributed by atoms with Crippen LogP contribution in [0.2, 0.25) is 0 Å². The summed E-state index contributed by atoms with van der Waals surface area (Å²) in [6.45, 7) is 3.64. The van der Waals surface area contributed by atoms with E-state index in [0.717, 1.165) is 77.0 Å². The van der Waals surface area contributed by atoms with Gasteiger partial charge >= 0.3 is 11.9 Å². The molecule has 66 heavy (non-hydrogen) atoms. The smallest absolute Gasteiger partial charge is 0.306 e. The number of ether oxygens (including phenoxy) is 4. The molecule has 4 N–H and O–H groups in total.